The summed E-state index contributed by atoms with van der Waals surface area (Å²) in [5.41, 5.74) is 1.07. The highest BCUT2D eigenvalue weighted by Crippen LogP contribution is 2.21. The van der Waals surface area contributed by atoms with E-state index in [1.165, 1.54) is 0 Å². The number of hydrogen-bond acceptors (Lipinski definition) is 5. The fourth-order valence-corrected chi connectivity index (χ4v) is 2.48. The lowest BCUT2D eigenvalue weighted by molar-refractivity contribution is -0.142. The van der Waals surface area contributed by atoms with Crippen molar-refractivity contribution in [1.29, 1.82) is 0 Å². The van der Waals surface area contributed by atoms with Crippen LogP contribution in [0.5, 0.6) is 0 Å². The first kappa shape index (κ1) is 13.5. The van der Waals surface area contributed by atoms with Crippen LogP contribution < -0.4 is 4.90 Å². The average Bonchev–Trinajstić information content (AvgIpc) is 2.94. The Morgan fingerprint density at radius 3 is 2.76 bits per heavy atom. The Bertz CT molecular complexity index is 646. The van der Waals surface area contributed by atoms with Gasteiger partial charge in [-0.2, -0.15) is 10.1 Å². The lowest BCUT2D eigenvalue weighted by Crippen LogP contribution is -2.37. The van der Waals surface area contributed by atoms with E-state index in [2.05, 4.69) is 15.1 Å². The molecule has 0 spiro atoms. The summed E-state index contributed by atoms with van der Waals surface area (Å²) in [5, 5.41) is 13.3. The van der Waals surface area contributed by atoms with Gasteiger partial charge in [0.1, 0.15) is 0 Å². The van der Waals surface area contributed by atoms with E-state index in [0.29, 0.717) is 37.7 Å². The van der Waals surface area contributed by atoms with Gasteiger partial charge in [0.05, 0.1) is 12.1 Å². The fraction of sp³-hybridized carbons (Fsp3) is 0.429. The van der Waals surface area contributed by atoms with Crippen LogP contribution in [0, 0.1) is 12.8 Å². The van der Waals surface area contributed by atoms with Crippen LogP contribution in [-0.4, -0.2) is 43.9 Å². The standard InChI is InChI=1S/C14H17N5O2/c1-10-8-16-19(9-10)12-2-5-15-14(17-12)18-6-3-11(4-7-18)13(20)21/h2,5,8-9,11H,3-4,6-7H2,1H3,(H,20,21). The zero-order valence-electron chi connectivity index (χ0n) is 11.8. The molecule has 3 heterocycles. The number of nitrogens with zero attached hydrogens (tertiary/aromatic N) is 5. The molecule has 1 saturated heterocycles. The van der Waals surface area contributed by atoms with Crippen molar-refractivity contribution in [3.8, 4) is 5.82 Å². The third-order valence-corrected chi connectivity index (χ3v) is 3.70. The molecule has 1 fully saturated rings. The van der Waals surface area contributed by atoms with Gasteiger partial charge in [-0.05, 0) is 25.3 Å². The average molecular weight is 287 g/mol. The minimum absolute atomic E-state index is 0.252. The number of piperidine rings is 1. The number of aromatic nitrogens is 4. The number of rotatable bonds is 3. The Balaban J connectivity index is 1.76. The van der Waals surface area contributed by atoms with Gasteiger partial charge in [0, 0.05) is 31.5 Å². The van der Waals surface area contributed by atoms with Crippen LogP contribution in [0.1, 0.15) is 18.4 Å². The monoisotopic (exact) mass is 287 g/mol. The maximum Gasteiger partial charge on any atom is 0.306 e. The molecule has 1 N–H and O–H groups in total. The Hall–Kier alpha value is -2.44. The number of carbonyl (C=O) groups is 1. The first-order chi connectivity index (χ1) is 10.1. The lowest BCUT2D eigenvalue weighted by atomic mass is 9.97. The Morgan fingerprint density at radius 1 is 1.38 bits per heavy atom. The van der Waals surface area contributed by atoms with Crippen LogP contribution in [-0.2, 0) is 4.79 Å². The van der Waals surface area contributed by atoms with Crippen molar-refractivity contribution in [2.24, 2.45) is 5.92 Å². The molecule has 110 valence electrons. The molecule has 3 rings (SSSR count). The molecule has 2 aromatic heterocycles. The predicted molar refractivity (Wildman–Crippen MR) is 76.5 cm³/mol. The number of anilines is 1. The van der Waals surface area contributed by atoms with Crippen molar-refractivity contribution in [3.05, 3.63) is 30.2 Å². The summed E-state index contributed by atoms with van der Waals surface area (Å²) in [6, 6.07) is 1.81. The minimum Gasteiger partial charge on any atom is -0.481 e. The van der Waals surface area contributed by atoms with E-state index in [9.17, 15) is 4.79 Å². The molecule has 0 radical (unpaired) electrons. The summed E-state index contributed by atoms with van der Waals surface area (Å²) >= 11 is 0. The van der Waals surface area contributed by atoms with Gasteiger partial charge in [-0.1, -0.05) is 0 Å². The molecule has 21 heavy (non-hydrogen) atoms. The Kier molecular flexibility index (Phi) is 3.55. The van der Waals surface area contributed by atoms with E-state index in [1.807, 2.05) is 18.0 Å². The maximum atomic E-state index is 11.0. The quantitative estimate of drug-likeness (QED) is 0.915. The normalized spacial score (nSPS) is 16.1. The van der Waals surface area contributed by atoms with E-state index in [1.54, 1.807) is 23.1 Å². The van der Waals surface area contributed by atoms with E-state index in [0.717, 1.165) is 5.56 Å². The van der Waals surface area contributed by atoms with Gasteiger partial charge in [0.2, 0.25) is 5.95 Å². The van der Waals surface area contributed by atoms with Gasteiger partial charge in [-0.3, -0.25) is 4.79 Å². The van der Waals surface area contributed by atoms with E-state index < -0.39 is 5.97 Å². The van der Waals surface area contributed by atoms with Gasteiger partial charge < -0.3 is 10.0 Å². The molecule has 1 aliphatic heterocycles. The van der Waals surface area contributed by atoms with E-state index in [-0.39, 0.29) is 5.92 Å². The third kappa shape index (κ3) is 2.86. The summed E-state index contributed by atoms with van der Waals surface area (Å²) in [6.07, 6.45) is 6.65. The molecule has 1 aliphatic rings. The smallest absolute Gasteiger partial charge is 0.306 e. The highest BCUT2D eigenvalue weighted by molar-refractivity contribution is 5.70. The first-order valence-electron chi connectivity index (χ1n) is 6.96. The largest absolute Gasteiger partial charge is 0.481 e. The summed E-state index contributed by atoms with van der Waals surface area (Å²) in [7, 11) is 0. The van der Waals surface area contributed by atoms with Crippen LogP contribution in [0.4, 0.5) is 5.95 Å². The van der Waals surface area contributed by atoms with Crippen molar-refractivity contribution in [2.75, 3.05) is 18.0 Å². The number of aliphatic carboxylic acids is 1. The highest BCUT2D eigenvalue weighted by Gasteiger charge is 2.25. The summed E-state index contributed by atoms with van der Waals surface area (Å²) < 4.78 is 1.71. The zero-order valence-corrected chi connectivity index (χ0v) is 11.8. The molecule has 7 heteroatoms. The van der Waals surface area contributed by atoms with Crippen LogP contribution in [0.15, 0.2) is 24.7 Å². The third-order valence-electron chi connectivity index (χ3n) is 3.70. The van der Waals surface area contributed by atoms with Gasteiger partial charge >= 0.3 is 5.97 Å². The number of carboxylic acids is 1. The maximum absolute atomic E-state index is 11.0. The first-order valence-corrected chi connectivity index (χ1v) is 6.96. The summed E-state index contributed by atoms with van der Waals surface area (Å²) in [4.78, 5) is 21.8. The van der Waals surface area contributed by atoms with Gasteiger partial charge in [0.25, 0.3) is 0 Å². The molecule has 0 saturated carbocycles. The lowest BCUT2D eigenvalue weighted by Gasteiger charge is -2.30. The SMILES string of the molecule is Cc1cnn(-c2ccnc(N3CCC(C(=O)O)CC3)n2)c1. The Morgan fingerprint density at radius 2 is 2.14 bits per heavy atom. The van der Waals surface area contributed by atoms with Crippen LogP contribution in [0.3, 0.4) is 0 Å². The molecular formula is C14H17N5O2. The number of hydrogen-bond donors (Lipinski definition) is 1. The fourth-order valence-electron chi connectivity index (χ4n) is 2.48. The Labute approximate surface area is 122 Å². The molecule has 0 bridgehead atoms. The molecule has 7 nitrogen and oxygen atoms in total. The molecule has 0 aromatic carbocycles. The van der Waals surface area contributed by atoms with Crippen molar-refractivity contribution in [3.63, 3.8) is 0 Å². The molecule has 0 amide bonds. The predicted octanol–water partition coefficient (Wildman–Crippen LogP) is 1.27. The topological polar surface area (TPSA) is 84.1 Å². The van der Waals surface area contributed by atoms with Crippen molar-refractivity contribution >= 4 is 11.9 Å². The van der Waals surface area contributed by atoms with Gasteiger partial charge in [0.15, 0.2) is 5.82 Å². The van der Waals surface area contributed by atoms with E-state index >= 15 is 0 Å². The summed E-state index contributed by atoms with van der Waals surface area (Å²) in [6.45, 7) is 3.30. The van der Waals surface area contributed by atoms with Gasteiger partial charge in [-0.25, -0.2) is 9.67 Å². The van der Waals surface area contributed by atoms with Crippen molar-refractivity contribution in [1.82, 2.24) is 19.7 Å². The van der Waals surface area contributed by atoms with E-state index in [4.69, 9.17) is 5.11 Å². The van der Waals surface area contributed by atoms with Crippen molar-refractivity contribution in [2.45, 2.75) is 19.8 Å². The molecule has 0 aliphatic carbocycles. The zero-order chi connectivity index (χ0) is 14.8. The molecular weight excluding hydrogens is 270 g/mol. The van der Waals surface area contributed by atoms with Crippen LogP contribution in [0.25, 0.3) is 5.82 Å². The number of aryl methyl sites for hydroxylation is 1. The molecule has 0 unspecified atom stereocenters. The van der Waals surface area contributed by atoms with Crippen LogP contribution >= 0.6 is 0 Å². The van der Waals surface area contributed by atoms with Crippen molar-refractivity contribution < 1.29 is 9.90 Å². The highest BCUT2D eigenvalue weighted by atomic mass is 16.4. The van der Waals surface area contributed by atoms with Gasteiger partial charge in [-0.15, -0.1) is 0 Å². The second-order valence-corrected chi connectivity index (χ2v) is 5.28. The molecule has 0 atom stereocenters. The second kappa shape index (κ2) is 5.51. The second-order valence-electron chi connectivity index (χ2n) is 5.28. The minimum atomic E-state index is -0.712. The molecule has 2 aromatic rings. The van der Waals surface area contributed by atoms with Crippen LogP contribution in [0.2, 0.25) is 0 Å². The summed E-state index contributed by atoms with van der Waals surface area (Å²) in [5.74, 6) is 0.382. The number of carboxylic acid groups (broad SMARTS) is 1.